The predicted molar refractivity (Wildman–Crippen MR) is 73.3 cm³/mol. The molecule has 1 amide bonds. The van der Waals surface area contributed by atoms with Gasteiger partial charge < -0.3 is 15.8 Å². The second-order valence-corrected chi connectivity index (χ2v) is 6.11. The number of carbonyl (C=O) groups excluding carboxylic acids is 1. The summed E-state index contributed by atoms with van der Waals surface area (Å²) in [7, 11) is 0. The maximum atomic E-state index is 11.9. The zero-order valence-corrected chi connectivity index (χ0v) is 12.0. The lowest BCUT2D eigenvalue weighted by Gasteiger charge is -2.25. The van der Waals surface area contributed by atoms with E-state index in [9.17, 15) is 4.79 Å². The van der Waals surface area contributed by atoms with E-state index in [4.69, 9.17) is 10.5 Å². The first-order valence-corrected chi connectivity index (χ1v) is 7.06. The van der Waals surface area contributed by atoms with E-state index in [1.54, 1.807) is 0 Å². The third-order valence-corrected chi connectivity index (χ3v) is 3.76. The Morgan fingerprint density at radius 2 is 2.22 bits per heavy atom. The summed E-state index contributed by atoms with van der Waals surface area (Å²) in [6, 6.07) is 0.123. The first kappa shape index (κ1) is 15.4. The SMILES string of the molecule is CC(NC(=O)CCC(C)(C)CCN)C1CCCO1. The first-order chi connectivity index (χ1) is 8.44. The van der Waals surface area contributed by atoms with Crippen LogP contribution in [-0.2, 0) is 9.53 Å². The van der Waals surface area contributed by atoms with Crippen molar-refractivity contribution in [2.24, 2.45) is 11.1 Å². The van der Waals surface area contributed by atoms with Gasteiger partial charge >= 0.3 is 0 Å². The van der Waals surface area contributed by atoms with E-state index < -0.39 is 0 Å². The van der Waals surface area contributed by atoms with Crippen molar-refractivity contribution in [3.05, 3.63) is 0 Å². The minimum absolute atomic E-state index is 0.123. The van der Waals surface area contributed by atoms with Crippen LogP contribution in [0.1, 0.15) is 52.9 Å². The standard InChI is InChI=1S/C14H28N2O2/c1-11(12-5-4-10-18-12)16-13(17)6-7-14(2,3)8-9-15/h11-12H,4-10,15H2,1-3H3,(H,16,17). The van der Waals surface area contributed by atoms with Gasteiger partial charge in [0.25, 0.3) is 0 Å². The molecule has 0 radical (unpaired) electrons. The molecule has 0 aromatic rings. The molecule has 1 aliphatic rings. The average molecular weight is 256 g/mol. The van der Waals surface area contributed by atoms with Crippen molar-refractivity contribution in [3.8, 4) is 0 Å². The summed E-state index contributed by atoms with van der Waals surface area (Å²) in [5.41, 5.74) is 5.72. The van der Waals surface area contributed by atoms with Gasteiger partial charge in [-0.25, -0.2) is 0 Å². The smallest absolute Gasteiger partial charge is 0.220 e. The third-order valence-electron chi connectivity index (χ3n) is 3.76. The van der Waals surface area contributed by atoms with E-state index in [1.165, 1.54) is 0 Å². The van der Waals surface area contributed by atoms with Crippen LogP contribution in [0.3, 0.4) is 0 Å². The number of rotatable bonds is 7. The van der Waals surface area contributed by atoms with Gasteiger partial charge in [0.15, 0.2) is 0 Å². The Morgan fingerprint density at radius 1 is 1.50 bits per heavy atom. The fourth-order valence-electron chi connectivity index (χ4n) is 2.38. The number of carbonyl (C=O) groups is 1. The largest absolute Gasteiger partial charge is 0.376 e. The van der Waals surface area contributed by atoms with Gasteiger partial charge in [-0.2, -0.15) is 0 Å². The van der Waals surface area contributed by atoms with E-state index in [0.717, 1.165) is 32.3 Å². The lowest BCUT2D eigenvalue weighted by molar-refractivity contribution is -0.123. The van der Waals surface area contributed by atoms with Crippen LogP contribution >= 0.6 is 0 Å². The fourth-order valence-corrected chi connectivity index (χ4v) is 2.38. The Labute approximate surface area is 111 Å². The molecule has 106 valence electrons. The summed E-state index contributed by atoms with van der Waals surface area (Å²) in [5.74, 6) is 0.128. The van der Waals surface area contributed by atoms with Gasteiger partial charge in [-0.3, -0.25) is 4.79 Å². The van der Waals surface area contributed by atoms with Crippen LogP contribution in [0.25, 0.3) is 0 Å². The van der Waals surface area contributed by atoms with E-state index in [0.29, 0.717) is 13.0 Å². The average Bonchev–Trinajstić information content (AvgIpc) is 2.80. The van der Waals surface area contributed by atoms with Gasteiger partial charge in [0.2, 0.25) is 5.91 Å². The Hall–Kier alpha value is -0.610. The van der Waals surface area contributed by atoms with Gasteiger partial charge in [0.1, 0.15) is 0 Å². The third kappa shape index (κ3) is 5.36. The number of hydrogen-bond donors (Lipinski definition) is 2. The molecule has 0 aliphatic carbocycles. The highest BCUT2D eigenvalue weighted by Gasteiger charge is 2.24. The highest BCUT2D eigenvalue weighted by Crippen LogP contribution is 2.25. The molecule has 18 heavy (non-hydrogen) atoms. The highest BCUT2D eigenvalue weighted by molar-refractivity contribution is 5.76. The van der Waals surface area contributed by atoms with Crippen molar-refractivity contribution < 1.29 is 9.53 Å². The molecule has 4 heteroatoms. The summed E-state index contributed by atoms with van der Waals surface area (Å²) in [5, 5.41) is 3.04. The van der Waals surface area contributed by atoms with Crippen LogP contribution in [-0.4, -0.2) is 31.2 Å². The lowest BCUT2D eigenvalue weighted by atomic mass is 9.84. The van der Waals surface area contributed by atoms with Crippen LogP contribution < -0.4 is 11.1 Å². The molecule has 0 aromatic heterocycles. The summed E-state index contributed by atoms with van der Waals surface area (Å²) in [4.78, 5) is 11.9. The van der Waals surface area contributed by atoms with Crippen molar-refractivity contribution >= 4 is 5.91 Å². The lowest BCUT2D eigenvalue weighted by Crippen LogP contribution is -2.41. The molecule has 4 nitrogen and oxygen atoms in total. The monoisotopic (exact) mass is 256 g/mol. The van der Waals surface area contributed by atoms with Crippen molar-refractivity contribution in [3.63, 3.8) is 0 Å². The van der Waals surface area contributed by atoms with Gasteiger partial charge in [-0.1, -0.05) is 13.8 Å². The van der Waals surface area contributed by atoms with E-state index >= 15 is 0 Å². The molecule has 0 aromatic carbocycles. The Balaban J connectivity index is 2.24. The molecule has 0 bridgehead atoms. The predicted octanol–water partition coefficient (Wildman–Crippen LogP) is 1.83. The topological polar surface area (TPSA) is 64.4 Å². The van der Waals surface area contributed by atoms with Crippen molar-refractivity contribution in [1.29, 1.82) is 0 Å². The van der Waals surface area contributed by atoms with E-state index in [1.807, 2.05) is 6.92 Å². The minimum Gasteiger partial charge on any atom is -0.376 e. The number of hydrogen-bond acceptors (Lipinski definition) is 3. The van der Waals surface area contributed by atoms with Crippen LogP contribution in [0.5, 0.6) is 0 Å². The number of amides is 1. The van der Waals surface area contributed by atoms with Gasteiger partial charge in [0.05, 0.1) is 12.1 Å². The maximum absolute atomic E-state index is 11.9. The van der Waals surface area contributed by atoms with Crippen LogP contribution in [0.4, 0.5) is 0 Å². The van der Waals surface area contributed by atoms with Crippen molar-refractivity contribution in [2.75, 3.05) is 13.2 Å². The van der Waals surface area contributed by atoms with Crippen molar-refractivity contribution in [2.45, 2.75) is 65.0 Å². The molecule has 1 heterocycles. The van der Waals surface area contributed by atoms with Crippen LogP contribution in [0.15, 0.2) is 0 Å². The first-order valence-electron chi connectivity index (χ1n) is 7.06. The van der Waals surface area contributed by atoms with Gasteiger partial charge in [-0.15, -0.1) is 0 Å². The summed E-state index contributed by atoms with van der Waals surface area (Å²) in [6.07, 6.45) is 4.78. The molecule has 0 saturated carbocycles. The van der Waals surface area contributed by atoms with Crippen LogP contribution in [0.2, 0.25) is 0 Å². The van der Waals surface area contributed by atoms with Gasteiger partial charge in [-0.05, 0) is 44.6 Å². The van der Waals surface area contributed by atoms with Crippen LogP contribution in [0, 0.1) is 5.41 Å². The second kappa shape index (κ2) is 7.10. The zero-order chi connectivity index (χ0) is 13.6. The van der Waals surface area contributed by atoms with Crippen molar-refractivity contribution in [1.82, 2.24) is 5.32 Å². The maximum Gasteiger partial charge on any atom is 0.220 e. The molecule has 2 atom stereocenters. The Bertz CT molecular complexity index is 261. The summed E-state index contributed by atoms with van der Waals surface area (Å²) >= 11 is 0. The zero-order valence-electron chi connectivity index (χ0n) is 12.0. The van der Waals surface area contributed by atoms with E-state index in [-0.39, 0.29) is 23.5 Å². The molecule has 1 saturated heterocycles. The molecular weight excluding hydrogens is 228 g/mol. The summed E-state index contributed by atoms with van der Waals surface area (Å²) < 4.78 is 5.57. The molecule has 1 fully saturated rings. The molecule has 0 spiro atoms. The fraction of sp³-hybridized carbons (Fsp3) is 0.929. The Morgan fingerprint density at radius 3 is 2.78 bits per heavy atom. The quantitative estimate of drug-likeness (QED) is 0.730. The summed E-state index contributed by atoms with van der Waals surface area (Å²) in [6.45, 7) is 7.86. The van der Waals surface area contributed by atoms with Gasteiger partial charge in [0, 0.05) is 13.0 Å². The molecule has 3 N–H and O–H groups in total. The highest BCUT2D eigenvalue weighted by atomic mass is 16.5. The number of nitrogens with two attached hydrogens (primary N) is 1. The number of nitrogens with one attached hydrogen (secondary N) is 1. The number of ether oxygens (including phenoxy) is 1. The van der Waals surface area contributed by atoms with E-state index in [2.05, 4.69) is 19.2 Å². The Kier molecular flexibility index (Phi) is 6.09. The molecule has 1 rings (SSSR count). The molecule has 2 unspecified atom stereocenters. The normalized spacial score (nSPS) is 21.9. The second-order valence-electron chi connectivity index (χ2n) is 6.11. The molecule has 1 aliphatic heterocycles. The molecular formula is C14H28N2O2. The minimum atomic E-state index is 0.123.